The normalized spacial score (nSPS) is 12.8. The van der Waals surface area contributed by atoms with Crippen LogP contribution in [0.15, 0.2) is 30.3 Å². The number of fused-ring (bicyclic) bond motifs is 1. The number of aryl methyl sites for hydroxylation is 4. The maximum absolute atomic E-state index is 12.5. The van der Waals surface area contributed by atoms with Crippen molar-refractivity contribution in [2.75, 3.05) is 5.32 Å². The number of rotatable bonds is 3. The Morgan fingerprint density at radius 1 is 1.00 bits per heavy atom. The minimum atomic E-state index is -0.990. The highest BCUT2D eigenvalue weighted by molar-refractivity contribution is 6.05. The van der Waals surface area contributed by atoms with Gasteiger partial charge in [-0.05, 0) is 73.6 Å². The molecule has 4 heteroatoms. The molecule has 0 spiro atoms. The SMILES string of the molecule is Cc1cc(C)c(C(=O)O)cc1NC(=O)c1ccc2c(c1)CCC2. The molecule has 1 amide bonds. The van der Waals surface area contributed by atoms with Crippen LogP contribution in [-0.4, -0.2) is 17.0 Å². The largest absolute Gasteiger partial charge is 0.478 e. The standard InChI is InChI=1S/C19H19NO3/c1-11-8-12(2)17(10-16(11)19(22)23)20-18(21)15-7-6-13-4-3-5-14(13)9-15/h6-10H,3-5H2,1-2H3,(H,20,21)(H,22,23). The van der Waals surface area contributed by atoms with E-state index in [1.165, 1.54) is 17.2 Å². The zero-order valence-electron chi connectivity index (χ0n) is 13.3. The smallest absolute Gasteiger partial charge is 0.336 e. The first-order chi connectivity index (χ1) is 11.0. The van der Waals surface area contributed by atoms with Crippen molar-refractivity contribution >= 4 is 17.6 Å². The molecular formula is C19H19NO3. The number of amides is 1. The lowest BCUT2D eigenvalue weighted by Gasteiger charge is -2.12. The molecule has 0 saturated heterocycles. The van der Waals surface area contributed by atoms with E-state index in [0.29, 0.717) is 16.8 Å². The molecule has 1 aliphatic rings. The van der Waals surface area contributed by atoms with Gasteiger partial charge in [0.05, 0.1) is 5.56 Å². The summed E-state index contributed by atoms with van der Waals surface area (Å²) in [4.78, 5) is 23.7. The van der Waals surface area contributed by atoms with Crippen LogP contribution >= 0.6 is 0 Å². The van der Waals surface area contributed by atoms with E-state index in [-0.39, 0.29) is 11.5 Å². The van der Waals surface area contributed by atoms with Crippen molar-refractivity contribution in [3.8, 4) is 0 Å². The van der Waals surface area contributed by atoms with E-state index >= 15 is 0 Å². The monoisotopic (exact) mass is 309 g/mol. The average molecular weight is 309 g/mol. The molecule has 1 aliphatic carbocycles. The first kappa shape index (κ1) is 15.3. The third-order valence-corrected chi connectivity index (χ3v) is 4.41. The highest BCUT2D eigenvalue weighted by atomic mass is 16.4. The average Bonchev–Trinajstić information content (AvgIpc) is 2.96. The lowest BCUT2D eigenvalue weighted by molar-refractivity contribution is 0.0695. The Hall–Kier alpha value is -2.62. The molecule has 0 heterocycles. The van der Waals surface area contributed by atoms with Gasteiger partial charge < -0.3 is 10.4 Å². The molecule has 0 fully saturated rings. The fourth-order valence-electron chi connectivity index (χ4n) is 3.12. The highest BCUT2D eigenvalue weighted by Gasteiger charge is 2.16. The van der Waals surface area contributed by atoms with E-state index in [0.717, 1.165) is 24.8 Å². The summed E-state index contributed by atoms with van der Waals surface area (Å²) in [5.41, 5.74) is 5.46. The van der Waals surface area contributed by atoms with Gasteiger partial charge in [-0.25, -0.2) is 4.79 Å². The Balaban J connectivity index is 1.88. The van der Waals surface area contributed by atoms with Gasteiger partial charge in [-0.1, -0.05) is 12.1 Å². The van der Waals surface area contributed by atoms with Gasteiger partial charge >= 0.3 is 5.97 Å². The number of carboxylic acid groups (broad SMARTS) is 1. The number of hydrogen-bond donors (Lipinski definition) is 2. The van der Waals surface area contributed by atoms with Crippen molar-refractivity contribution in [3.05, 3.63) is 63.7 Å². The second-order valence-electron chi connectivity index (χ2n) is 6.08. The van der Waals surface area contributed by atoms with Crippen molar-refractivity contribution in [1.82, 2.24) is 0 Å². The third kappa shape index (κ3) is 2.97. The Bertz CT molecular complexity index is 809. The van der Waals surface area contributed by atoms with Crippen molar-refractivity contribution in [2.24, 2.45) is 0 Å². The van der Waals surface area contributed by atoms with Gasteiger partial charge in [-0.15, -0.1) is 0 Å². The Kier molecular flexibility index (Phi) is 3.90. The van der Waals surface area contributed by atoms with Crippen molar-refractivity contribution in [3.63, 3.8) is 0 Å². The van der Waals surface area contributed by atoms with E-state index in [4.69, 9.17) is 0 Å². The van der Waals surface area contributed by atoms with E-state index in [1.54, 1.807) is 13.0 Å². The molecule has 0 atom stereocenters. The van der Waals surface area contributed by atoms with Gasteiger partial charge in [0.25, 0.3) is 5.91 Å². The molecule has 3 rings (SSSR count). The van der Waals surface area contributed by atoms with Crippen molar-refractivity contribution in [1.29, 1.82) is 0 Å². The lowest BCUT2D eigenvalue weighted by atomic mass is 10.0. The molecule has 0 unspecified atom stereocenters. The Labute approximate surface area is 135 Å². The summed E-state index contributed by atoms with van der Waals surface area (Å²) in [7, 11) is 0. The Morgan fingerprint density at radius 3 is 2.48 bits per heavy atom. The van der Waals surface area contributed by atoms with Crippen LogP contribution in [0.25, 0.3) is 0 Å². The first-order valence-electron chi connectivity index (χ1n) is 7.73. The van der Waals surface area contributed by atoms with Gasteiger partial charge in [-0.3, -0.25) is 4.79 Å². The van der Waals surface area contributed by atoms with Gasteiger partial charge in [-0.2, -0.15) is 0 Å². The molecule has 4 nitrogen and oxygen atoms in total. The molecule has 23 heavy (non-hydrogen) atoms. The van der Waals surface area contributed by atoms with Crippen LogP contribution in [-0.2, 0) is 12.8 Å². The predicted molar refractivity (Wildman–Crippen MR) is 89.3 cm³/mol. The topological polar surface area (TPSA) is 66.4 Å². The minimum Gasteiger partial charge on any atom is -0.478 e. The number of carboxylic acids is 1. The molecule has 0 aliphatic heterocycles. The molecule has 0 radical (unpaired) electrons. The summed E-state index contributed by atoms with van der Waals surface area (Å²) in [6, 6.07) is 9.10. The molecule has 2 aromatic rings. The molecule has 2 N–H and O–H groups in total. The van der Waals surface area contributed by atoms with E-state index in [9.17, 15) is 14.7 Å². The summed E-state index contributed by atoms with van der Waals surface area (Å²) in [5.74, 6) is -1.20. The van der Waals surface area contributed by atoms with Crippen LogP contribution in [0.4, 0.5) is 5.69 Å². The van der Waals surface area contributed by atoms with Gasteiger partial charge in [0.2, 0.25) is 0 Å². The van der Waals surface area contributed by atoms with Crippen LogP contribution in [0.2, 0.25) is 0 Å². The molecule has 118 valence electrons. The van der Waals surface area contributed by atoms with Crippen LogP contribution in [0, 0.1) is 13.8 Å². The summed E-state index contributed by atoms with van der Waals surface area (Å²) in [6.07, 6.45) is 3.24. The van der Waals surface area contributed by atoms with Gasteiger partial charge in [0, 0.05) is 11.3 Å². The summed E-state index contributed by atoms with van der Waals surface area (Å²) in [5, 5.41) is 12.1. The second kappa shape index (κ2) is 5.88. The van der Waals surface area contributed by atoms with Crippen LogP contribution < -0.4 is 5.32 Å². The van der Waals surface area contributed by atoms with E-state index in [1.807, 2.05) is 25.1 Å². The molecule has 0 bridgehead atoms. The lowest BCUT2D eigenvalue weighted by Crippen LogP contribution is -2.14. The molecular weight excluding hydrogens is 290 g/mol. The predicted octanol–water partition coefficient (Wildman–Crippen LogP) is 3.74. The van der Waals surface area contributed by atoms with Crippen LogP contribution in [0.1, 0.15) is 49.4 Å². The summed E-state index contributed by atoms with van der Waals surface area (Å²) in [6.45, 7) is 3.61. The number of anilines is 1. The van der Waals surface area contributed by atoms with Gasteiger partial charge in [0.1, 0.15) is 0 Å². The molecule has 0 saturated carbocycles. The first-order valence-corrected chi connectivity index (χ1v) is 7.73. The fourth-order valence-corrected chi connectivity index (χ4v) is 3.12. The van der Waals surface area contributed by atoms with E-state index in [2.05, 4.69) is 5.32 Å². The summed E-state index contributed by atoms with van der Waals surface area (Å²) >= 11 is 0. The Morgan fingerprint density at radius 2 is 1.74 bits per heavy atom. The number of aromatic carboxylic acids is 1. The third-order valence-electron chi connectivity index (χ3n) is 4.41. The zero-order chi connectivity index (χ0) is 16.6. The molecule has 2 aromatic carbocycles. The van der Waals surface area contributed by atoms with E-state index < -0.39 is 5.97 Å². The number of carbonyl (C=O) groups is 2. The zero-order valence-corrected chi connectivity index (χ0v) is 13.3. The second-order valence-corrected chi connectivity index (χ2v) is 6.08. The highest BCUT2D eigenvalue weighted by Crippen LogP contribution is 2.25. The maximum atomic E-state index is 12.5. The maximum Gasteiger partial charge on any atom is 0.336 e. The van der Waals surface area contributed by atoms with Crippen LogP contribution in [0.3, 0.4) is 0 Å². The number of benzene rings is 2. The van der Waals surface area contributed by atoms with Crippen molar-refractivity contribution < 1.29 is 14.7 Å². The van der Waals surface area contributed by atoms with Gasteiger partial charge in [0.15, 0.2) is 0 Å². The summed E-state index contributed by atoms with van der Waals surface area (Å²) < 4.78 is 0. The number of hydrogen-bond acceptors (Lipinski definition) is 2. The quantitative estimate of drug-likeness (QED) is 0.907. The van der Waals surface area contributed by atoms with Crippen molar-refractivity contribution in [2.45, 2.75) is 33.1 Å². The fraction of sp³-hybridized carbons (Fsp3) is 0.263. The van der Waals surface area contributed by atoms with Crippen LogP contribution in [0.5, 0.6) is 0 Å². The number of carbonyl (C=O) groups excluding carboxylic acids is 1. The minimum absolute atomic E-state index is 0.206. The number of nitrogens with one attached hydrogen (secondary N) is 1. The molecule has 0 aromatic heterocycles.